The van der Waals surface area contributed by atoms with Gasteiger partial charge in [-0.3, -0.25) is 9.52 Å². The molecule has 1 amide bonds. The van der Waals surface area contributed by atoms with Gasteiger partial charge in [-0.1, -0.05) is 22.0 Å². The summed E-state index contributed by atoms with van der Waals surface area (Å²) < 4.78 is 27.6. The van der Waals surface area contributed by atoms with Gasteiger partial charge in [0.25, 0.3) is 10.0 Å². The third-order valence-corrected chi connectivity index (χ3v) is 4.43. The first-order chi connectivity index (χ1) is 9.38. The first-order valence-electron chi connectivity index (χ1n) is 5.57. The molecule has 5 nitrogen and oxygen atoms in total. The monoisotopic (exact) mass is 354 g/mol. The summed E-state index contributed by atoms with van der Waals surface area (Å²) in [5.74, 6) is -0.675. The lowest BCUT2D eigenvalue weighted by Crippen LogP contribution is -2.15. The van der Waals surface area contributed by atoms with E-state index in [4.69, 9.17) is 5.73 Å². The maximum Gasteiger partial charge on any atom is 0.261 e. The zero-order valence-electron chi connectivity index (χ0n) is 10.2. The molecule has 3 N–H and O–H groups in total. The quantitative estimate of drug-likeness (QED) is 0.882. The van der Waals surface area contributed by atoms with Crippen LogP contribution in [0, 0.1) is 0 Å². The van der Waals surface area contributed by atoms with Crippen molar-refractivity contribution in [2.45, 2.75) is 4.90 Å². The molecule has 0 radical (unpaired) electrons. The second kappa shape index (κ2) is 5.64. The Balaban J connectivity index is 2.33. The van der Waals surface area contributed by atoms with Crippen LogP contribution >= 0.6 is 15.9 Å². The van der Waals surface area contributed by atoms with Crippen molar-refractivity contribution in [1.82, 2.24) is 0 Å². The molecule has 0 aliphatic heterocycles. The predicted molar refractivity (Wildman–Crippen MR) is 79.9 cm³/mol. The van der Waals surface area contributed by atoms with Crippen molar-refractivity contribution in [2.75, 3.05) is 4.72 Å². The molecular formula is C13H11BrN2O3S. The van der Waals surface area contributed by atoms with Crippen molar-refractivity contribution in [1.29, 1.82) is 0 Å². The van der Waals surface area contributed by atoms with Crippen LogP contribution in [-0.2, 0) is 10.0 Å². The molecule has 20 heavy (non-hydrogen) atoms. The molecule has 0 atom stereocenters. The van der Waals surface area contributed by atoms with Crippen LogP contribution in [0.5, 0.6) is 0 Å². The highest BCUT2D eigenvalue weighted by Crippen LogP contribution is 2.19. The van der Waals surface area contributed by atoms with Crippen LogP contribution in [0.4, 0.5) is 5.69 Å². The molecule has 0 spiro atoms. The molecule has 0 aromatic heterocycles. The lowest BCUT2D eigenvalue weighted by atomic mass is 10.2. The van der Waals surface area contributed by atoms with E-state index in [-0.39, 0.29) is 10.5 Å². The summed E-state index contributed by atoms with van der Waals surface area (Å²) in [5.41, 5.74) is 5.71. The number of sulfonamides is 1. The minimum atomic E-state index is -3.76. The molecule has 2 aromatic rings. The summed E-state index contributed by atoms with van der Waals surface area (Å²) >= 11 is 3.27. The number of carbonyl (C=O) groups excluding carboxylic acids is 1. The van der Waals surface area contributed by atoms with Gasteiger partial charge in [-0.25, -0.2) is 8.42 Å². The third kappa shape index (κ3) is 3.37. The minimum absolute atomic E-state index is 0.0169. The number of benzene rings is 2. The van der Waals surface area contributed by atoms with Gasteiger partial charge in [0.2, 0.25) is 5.91 Å². The van der Waals surface area contributed by atoms with Crippen LogP contribution < -0.4 is 10.5 Å². The molecule has 0 saturated heterocycles. The summed E-state index contributed by atoms with van der Waals surface area (Å²) in [6.45, 7) is 0. The molecule has 2 rings (SSSR count). The lowest BCUT2D eigenvalue weighted by Gasteiger charge is -2.08. The summed E-state index contributed by atoms with van der Waals surface area (Å²) in [5, 5.41) is 0. The van der Waals surface area contributed by atoms with E-state index in [1.54, 1.807) is 24.3 Å². The second-order valence-corrected chi connectivity index (χ2v) is 6.60. The lowest BCUT2D eigenvalue weighted by molar-refractivity contribution is 0.1000. The number of hydrogen-bond donors (Lipinski definition) is 2. The molecule has 0 unspecified atom stereocenters. The van der Waals surface area contributed by atoms with Crippen molar-refractivity contribution in [3.8, 4) is 0 Å². The maximum atomic E-state index is 12.2. The van der Waals surface area contributed by atoms with E-state index in [0.29, 0.717) is 5.69 Å². The fourth-order valence-corrected chi connectivity index (χ4v) is 2.92. The van der Waals surface area contributed by atoms with Crippen LogP contribution in [0.25, 0.3) is 0 Å². The van der Waals surface area contributed by atoms with Gasteiger partial charge in [0, 0.05) is 15.7 Å². The fourth-order valence-electron chi connectivity index (χ4n) is 1.55. The molecule has 0 aliphatic rings. The Bertz CT molecular complexity index is 742. The Morgan fingerprint density at radius 2 is 1.75 bits per heavy atom. The molecule has 0 aliphatic carbocycles. The van der Waals surface area contributed by atoms with Crippen molar-refractivity contribution in [2.24, 2.45) is 5.73 Å². The van der Waals surface area contributed by atoms with E-state index >= 15 is 0 Å². The minimum Gasteiger partial charge on any atom is -0.366 e. The Morgan fingerprint density at radius 1 is 1.10 bits per heavy atom. The zero-order chi connectivity index (χ0) is 14.8. The number of carbonyl (C=O) groups is 1. The van der Waals surface area contributed by atoms with E-state index < -0.39 is 15.9 Å². The normalized spacial score (nSPS) is 11.1. The van der Waals surface area contributed by atoms with Crippen LogP contribution in [0.15, 0.2) is 57.9 Å². The predicted octanol–water partition coefficient (Wildman–Crippen LogP) is 2.35. The average Bonchev–Trinajstić information content (AvgIpc) is 2.41. The van der Waals surface area contributed by atoms with Gasteiger partial charge in [-0.15, -0.1) is 0 Å². The molecule has 2 aromatic carbocycles. The number of anilines is 1. The van der Waals surface area contributed by atoms with Gasteiger partial charge in [0.05, 0.1) is 4.90 Å². The van der Waals surface area contributed by atoms with Crippen LogP contribution in [0.3, 0.4) is 0 Å². The van der Waals surface area contributed by atoms with E-state index in [2.05, 4.69) is 20.7 Å². The van der Waals surface area contributed by atoms with Crippen molar-refractivity contribution in [3.05, 3.63) is 58.6 Å². The number of primary amides is 1. The smallest absolute Gasteiger partial charge is 0.261 e. The Labute approximate surface area is 125 Å². The van der Waals surface area contributed by atoms with Gasteiger partial charge in [0.1, 0.15) is 0 Å². The Morgan fingerprint density at radius 3 is 2.35 bits per heavy atom. The largest absolute Gasteiger partial charge is 0.366 e. The first-order valence-corrected chi connectivity index (χ1v) is 7.84. The van der Waals surface area contributed by atoms with Crippen LogP contribution in [-0.4, -0.2) is 14.3 Å². The van der Waals surface area contributed by atoms with Crippen LogP contribution in [0.2, 0.25) is 0 Å². The summed E-state index contributed by atoms with van der Waals surface area (Å²) in [6, 6.07) is 12.3. The van der Waals surface area contributed by atoms with Crippen molar-refractivity contribution in [3.63, 3.8) is 0 Å². The highest BCUT2D eigenvalue weighted by molar-refractivity contribution is 9.10. The number of halogens is 1. The van der Waals surface area contributed by atoms with E-state index in [1.165, 1.54) is 24.3 Å². The van der Waals surface area contributed by atoms with Gasteiger partial charge in [-0.2, -0.15) is 0 Å². The SMILES string of the molecule is NC(=O)c1cccc(S(=O)(=O)Nc2ccc(Br)cc2)c1. The molecule has 0 heterocycles. The van der Waals surface area contributed by atoms with E-state index in [9.17, 15) is 13.2 Å². The van der Waals surface area contributed by atoms with E-state index in [1.807, 2.05) is 0 Å². The zero-order valence-corrected chi connectivity index (χ0v) is 12.6. The first kappa shape index (κ1) is 14.5. The fraction of sp³-hybridized carbons (Fsp3) is 0. The second-order valence-electron chi connectivity index (χ2n) is 4.00. The van der Waals surface area contributed by atoms with E-state index in [0.717, 1.165) is 4.47 Å². The number of nitrogens with one attached hydrogen (secondary N) is 1. The summed E-state index contributed by atoms with van der Waals surface area (Å²) in [4.78, 5) is 11.1. The summed E-state index contributed by atoms with van der Waals surface area (Å²) in [7, 11) is -3.76. The number of amides is 1. The summed E-state index contributed by atoms with van der Waals surface area (Å²) in [6.07, 6.45) is 0. The Kier molecular flexibility index (Phi) is 4.10. The molecule has 104 valence electrons. The molecule has 0 bridgehead atoms. The molecule has 0 fully saturated rings. The van der Waals surface area contributed by atoms with Gasteiger partial charge >= 0.3 is 0 Å². The number of hydrogen-bond acceptors (Lipinski definition) is 3. The highest BCUT2D eigenvalue weighted by Gasteiger charge is 2.15. The molecule has 7 heteroatoms. The average molecular weight is 355 g/mol. The topological polar surface area (TPSA) is 89.3 Å². The van der Waals surface area contributed by atoms with Gasteiger partial charge in [0.15, 0.2) is 0 Å². The standard InChI is InChI=1S/C13H11BrN2O3S/c14-10-4-6-11(7-5-10)16-20(18,19)12-3-1-2-9(8-12)13(15)17/h1-8,16H,(H2,15,17). The van der Waals surface area contributed by atoms with Crippen molar-refractivity contribution >= 4 is 37.5 Å². The van der Waals surface area contributed by atoms with Gasteiger partial charge in [-0.05, 0) is 42.5 Å². The van der Waals surface area contributed by atoms with Crippen molar-refractivity contribution < 1.29 is 13.2 Å². The highest BCUT2D eigenvalue weighted by atomic mass is 79.9. The third-order valence-electron chi connectivity index (χ3n) is 2.53. The Hall–Kier alpha value is -1.86. The number of rotatable bonds is 4. The molecule has 0 saturated carbocycles. The number of nitrogens with two attached hydrogens (primary N) is 1. The van der Waals surface area contributed by atoms with Gasteiger partial charge < -0.3 is 5.73 Å². The maximum absolute atomic E-state index is 12.2. The van der Waals surface area contributed by atoms with Crippen LogP contribution in [0.1, 0.15) is 10.4 Å². The molecular weight excluding hydrogens is 344 g/mol.